The van der Waals surface area contributed by atoms with Crippen molar-refractivity contribution in [1.82, 2.24) is 5.32 Å². The van der Waals surface area contributed by atoms with E-state index in [0.717, 1.165) is 12.3 Å². The predicted octanol–water partition coefficient (Wildman–Crippen LogP) is 4.04. The highest BCUT2D eigenvalue weighted by molar-refractivity contribution is 7.80. The molecule has 0 aliphatic carbocycles. The number of rotatable bonds is 12. The lowest BCUT2D eigenvalue weighted by Crippen LogP contribution is -2.17. The van der Waals surface area contributed by atoms with Gasteiger partial charge in [-0.2, -0.15) is 12.6 Å². The Labute approximate surface area is 102 Å². The van der Waals surface area contributed by atoms with Crippen molar-refractivity contribution in [3.05, 3.63) is 0 Å². The molecule has 0 aromatic rings. The zero-order valence-electron chi connectivity index (χ0n) is 10.4. The molecule has 1 N–H and O–H groups in total. The zero-order valence-corrected chi connectivity index (χ0v) is 11.3. The molecule has 0 saturated heterocycles. The van der Waals surface area contributed by atoms with Crippen LogP contribution in [-0.2, 0) is 0 Å². The largest absolute Gasteiger partial charge is 0.316 e. The van der Waals surface area contributed by atoms with Gasteiger partial charge in [-0.05, 0) is 13.0 Å². The van der Waals surface area contributed by atoms with Crippen LogP contribution >= 0.6 is 12.6 Å². The topological polar surface area (TPSA) is 12.0 Å². The predicted molar refractivity (Wildman–Crippen MR) is 73.9 cm³/mol. The minimum absolute atomic E-state index is 0.956. The number of hydrogen-bond acceptors (Lipinski definition) is 2. The molecular weight excluding hydrogens is 202 g/mol. The molecule has 0 bridgehead atoms. The first kappa shape index (κ1) is 15.3. The van der Waals surface area contributed by atoms with Gasteiger partial charge in [0.1, 0.15) is 0 Å². The average molecular weight is 231 g/mol. The molecule has 0 unspecified atom stereocenters. The van der Waals surface area contributed by atoms with Crippen LogP contribution in [0.5, 0.6) is 0 Å². The van der Waals surface area contributed by atoms with Gasteiger partial charge in [0, 0.05) is 12.3 Å². The Morgan fingerprint density at radius 1 is 0.733 bits per heavy atom. The van der Waals surface area contributed by atoms with E-state index in [9.17, 15) is 0 Å². The van der Waals surface area contributed by atoms with Crippen molar-refractivity contribution in [2.24, 2.45) is 0 Å². The quantitative estimate of drug-likeness (QED) is 0.382. The summed E-state index contributed by atoms with van der Waals surface area (Å²) in [7, 11) is 0. The van der Waals surface area contributed by atoms with Crippen molar-refractivity contribution >= 4 is 12.6 Å². The number of nitrogens with one attached hydrogen (secondary N) is 1. The monoisotopic (exact) mass is 231 g/mol. The molecule has 2 heteroatoms. The third-order valence-corrected chi connectivity index (χ3v) is 2.97. The highest BCUT2D eigenvalue weighted by atomic mass is 32.1. The molecule has 0 amide bonds. The van der Waals surface area contributed by atoms with Crippen molar-refractivity contribution < 1.29 is 0 Å². The summed E-state index contributed by atoms with van der Waals surface area (Å²) in [5.74, 6) is 0.956. The van der Waals surface area contributed by atoms with E-state index in [2.05, 4.69) is 24.9 Å². The van der Waals surface area contributed by atoms with E-state index in [1.54, 1.807) is 0 Å². The Hall–Kier alpha value is 0.310. The third-order valence-electron chi connectivity index (χ3n) is 2.75. The summed E-state index contributed by atoms with van der Waals surface area (Å²) in [4.78, 5) is 0. The molecular formula is C13H29NS. The highest BCUT2D eigenvalue weighted by Gasteiger charge is 1.91. The molecule has 0 spiro atoms. The summed E-state index contributed by atoms with van der Waals surface area (Å²) in [5.41, 5.74) is 0. The summed E-state index contributed by atoms with van der Waals surface area (Å²) < 4.78 is 0. The molecule has 0 atom stereocenters. The maximum Gasteiger partial charge on any atom is 0.00397 e. The summed E-state index contributed by atoms with van der Waals surface area (Å²) >= 11 is 4.16. The molecule has 0 aromatic carbocycles. The minimum atomic E-state index is 0.956. The van der Waals surface area contributed by atoms with Gasteiger partial charge < -0.3 is 5.32 Å². The normalized spacial score (nSPS) is 10.8. The van der Waals surface area contributed by atoms with E-state index in [-0.39, 0.29) is 0 Å². The van der Waals surface area contributed by atoms with Gasteiger partial charge in [0.05, 0.1) is 0 Å². The zero-order chi connectivity index (χ0) is 11.2. The van der Waals surface area contributed by atoms with Crippen LogP contribution in [0.4, 0.5) is 0 Å². The van der Waals surface area contributed by atoms with E-state index < -0.39 is 0 Å². The van der Waals surface area contributed by atoms with Crippen molar-refractivity contribution in [3.63, 3.8) is 0 Å². The van der Waals surface area contributed by atoms with Gasteiger partial charge in [-0.25, -0.2) is 0 Å². The molecule has 0 heterocycles. The minimum Gasteiger partial charge on any atom is -0.316 e. The van der Waals surface area contributed by atoms with Crippen LogP contribution in [0, 0.1) is 0 Å². The Bertz CT molecular complexity index is 94.7. The molecule has 0 rings (SSSR count). The molecule has 92 valence electrons. The second-order valence-corrected chi connectivity index (χ2v) is 4.75. The summed E-state index contributed by atoms with van der Waals surface area (Å²) in [6.45, 7) is 4.51. The van der Waals surface area contributed by atoms with Crippen LogP contribution in [0.1, 0.15) is 64.7 Å². The molecule has 0 radical (unpaired) electrons. The fraction of sp³-hybridized carbons (Fsp3) is 1.00. The van der Waals surface area contributed by atoms with E-state index >= 15 is 0 Å². The van der Waals surface area contributed by atoms with E-state index in [4.69, 9.17) is 0 Å². The molecule has 0 aliphatic rings. The summed E-state index contributed by atoms with van der Waals surface area (Å²) in [6, 6.07) is 0. The molecule has 0 saturated carbocycles. The van der Waals surface area contributed by atoms with Gasteiger partial charge in [0.2, 0.25) is 0 Å². The van der Waals surface area contributed by atoms with Gasteiger partial charge in [0.15, 0.2) is 0 Å². The van der Waals surface area contributed by atoms with Crippen LogP contribution in [0.15, 0.2) is 0 Å². The van der Waals surface area contributed by atoms with Crippen LogP contribution in [0.2, 0.25) is 0 Å². The van der Waals surface area contributed by atoms with Crippen molar-refractivity contribution in [2.45, 2.75) is 64.7 Å². The van der Waals surface area contributed by atoms with Crippen molar-refractivity contribution in [2.75, 3.05) is 18.8 Å². The maximum atomic E-state index is 4.16. The molecule has 15 heavy (non-hydrogen) atoms. The van der Waals surface area contributed by atoms with Gasteiger partial charge in [-0.15, -0.1) is 0 Å². The maximum absolute atomic E-state index is 4.16. The molecule has 0 fully saturated rings. The average Bonchev–Trinajstić information content (AvgIpc) is 2.26. The number of hydrogen-bond donors (Lipinski definition) is 2. The smallest absolute Gasteiger partial charge is 0.00397 e. The Balaban J connectivity index is 2.81. The van der Waals surface area contributed by atoms with Crippen LogP contribution in [-0.4, -0.2) is 18.8 Å². The second kappa shape index (κ2) is 14.3. The lowest BCUT2D eigenvalue weighted by atomic mass is 10.1. The van der Waals surface area contributed by atoms with Gasteiger partial charge >= 0.3 is 0 Å². The third kappa shape index (κ3) is 14.3. The number of thiol groups is 1. The van der Waals surface area contributed by atoms with Crippen LogP contribution < -0.4 is 5.32 Å². The van der Waals surface area contributed by atoms with E-state index in [0.29, 0.717) is 0 Å². The summed E-state index contributed by atoms with van der Waals surface area (Å²) in [5, 5.41) is 3.38. The first-order chi connectivity index (χ1) is 7.41. The Morgan fingerprint density at radius 3 is 1.80 bits per heavy atom. The van der Waals surface area contributed by atoms with E-state index in [1.165, 1.54) is 64.3 Å². The molecule has 0 aliphatic heterocycles. The van der Waals surface area contributed by atoms with Gasteiger partial charge in [-0.1, -0.05) is 58.3 Å². The number of unbranched alkanes of at least 4 members (excludes halogenated alkanes) is 8. The first-order valence-electron chi connectivity index (χ1n) is 6.73. The standard InChI is InChI=1S/C13H29NS/c1-2-3-4-5-6-7-8-9-10-11-14-12-13-15/h14-15H,2-13H2,1H3. The fourth-order valence-corrected chi connectivity index (χ4v) is 1.92. The van der Waals surface area contributed by atoms with Crippen molar-refractivity contribution in [3.8, 4) is 0 Å². The second-order valence-electron chi connectivity index (χ2n) is 4.30. The SMILES string of the molecule is CCCCCCCCCCCNCCS. The highest BCUT2D eigenvalue weighted by Crippen LogP contribution is 2.08. The lowest BCUT2D eigenvalue weighted by Gasteiger charge is -2.03. The Morgan fingerprint density at radius 2 is 1.27 bits per heavy atom. The van der Waals surface area contributed by atoms with Crippen LogP contribution in [0.3, 0.4) is 0 Å². The van der Waals surface area contributed by atoms with Crippen LogP contribution in [0.25, 0.3) is 0 Å². The summed E-state index contributed by atoms with van der Waals surface area (Å²) in [6.07, 6.45) is 12.7. The molecule has 0 aromatic heterocycles. The lowest BCUT2D eigenvalue weighted by molar-refractivity contribution is 0.553. The first-order valence-corrected chi connectivity index (χ1v) is 7.36. The fourth-order valence-electron chi connectivity index (χ4n) is 1.76. The Kier molecular flexibility index (Phi) is 14.6. The van der Waals surface area contributed by atoms with E-state index in [1.807, 2.05) is 0 Å². The van der Waals surface area contributed by atoms with Gasteiger partial charge in [-0.3, -0.25) is 0 Å². The molecule has 1 nitrogen and oxygen atoms in total. The van der Waals surface area contributed by atoms with Crippen molar-refractivity contribution in [1.29, 1.82) is 0 Å². The van der Waals surface area contributed by atoms with Gasteiger partial charge in [0.25, 0.3) is 0 Å².